The van der Waals surface area contributed by atoms with E-state index in [1.54, 1.807) is 0 Å². The molecule has 2 N–H and O–H groups in total. The van der Waals surface area contributed by atoms with Gasteiger partial charge in [-0.3, -0.25) is 0 Å². The summed E-state index contributed by atoms with van der Waals surface area (Å²) in [4.78, 5) is 0. The number of hydrogen-bond acceptors (Lipinski definition) is 3. The van der Waals surface area contributed by atoms with Gasteiger partial charge in [0.25, 0.3) is 0 Å². The molecule has 1 saturated carbocycles. The summed E-state index contributed by atoms with van der Waals surface area (Å²) in [5, 5.41) is 13.0. The van der Waals surface area contributed by atoms with Crippen molar-refractivity contribution in [3.05, 3.63) is 23.7 Å². The van der Waals surface area contributed by atoms with Gasteiger partial charge in [0.15, 0.2) is 0 Å². The Kier molecular flexibility index (Phi) is 4.46. The highest BCUT2D eigenvalue weighted by atomic mass is 16.3. The maximum absolute atomic E-state index is 9.67. The predicted molar refractivity (Wildman–Crippen MR) is 72.4 cm³/mol. The Morgan fingerprint density at radius 2 is 2.17 bits per heavy atom. The third-order valence-electron chi connectivity index (χ3n) is 3.84. The van der Waals surface area contributed by atoms with Crippen molar-refractivity contribution >= 4 is 0 Å². The molecule has 3 nitrogen and oxygen atoms in total. The van der Waals surface area contributed by atoms with Crippen LogP contribution in [0.3, 0.4) is 0 Å². The monoisotopic (exact) mass is 251 g/mol. The topological polar surface area (TPSA) is 45.4 Å². The van der Waals surface area contributed by atoms with Crippen molar-refractivity contribution in [2.45, 2.75) is 52.2 Å². The molecule has 2 rings (SSSR count). The Hall–Kier alpha value is -0.800. The van der Waals surface area contributed by atoms with Gasteiger partial charge in [0.2, 0.25) is 0 Å². The summed E-state index contributed by atoms with van der Waals surface area (Å²) in [5.74, 6) is 3.92. The molecule has 0 bridgehead atoms. The fourth-order valence-electron chi connectivity index (χ4n) is 2.20. The van der Waals surface area contributed by atoms with Crippen molar-refractivity contribution in [1.29, 1.82) is 0 Å². The molecule has 0 amide bonds. The summed E-state index contributed by atoms with van der Waals surface area (Å²) < 4.78 is 5.81. The van der Waals surface area contributed by atoms with Crippen molar-refractivity contribution in [1.82, 2.24) is 5.32 Å². The minimum atomic E-state index is -0.211. The van der Waals surface area contributed by atoms with Crippen molar-refractivity contribution in [3.8, 4) is 0 Å². The Balaban J connectivity index is 1.66. The molecular formula is C15H25NO2. The van der Waals surface area contributed by atoms with Crippen LogP contribution in [0.15, 0.2) is 16.5 Å². The van der Waals surface area contributed by atoms with Crippen LogP contribution in [0.5, 0.6) is 0 Å². The fraction of sp³-hybridized carbons (Fsp3) is 0.733. The van der Waals surface area contributed by atoms with E-state index < -0.39 is 0 Å². The largest absolute Gasteiger partial charge is 0.464 e. The van der Waals surface area contributed by atoms with Crippen LogP contribution in [0.25, 0.3) is 0 Å². The third-order valence-corrected chi connectivity index (χ3v) is 3.84. The van der Waals surface area contributed by atoms with E-state index in [9.17, 15) is 5.11 Å². The van der Waals surface area contributed by atoms with Gasteiger partial charge in [-0.05, 0) is 43.4 Å². The molecule has 1 aromatic heterocycles. The van der Waals surface area contributed by atoms with Gasteiger partial charge in [-0.1, -0.05) is 20.8 Å². The average molecular weight is 251 g/mol. The van der Waals surface area contributed by atoms with Crippen molar-refractivity contribution in [2.24, 2.45) is 11.8 Å². The lowest BCUT2D eigenvalue weighted by Gasteiger charge is -2.13. The maximum atomic E-state index is 9.67. The maximum Gasteiger partial charge on any atom is 0.117 e. The van der Waals surface area contributed by atoms with Crippen LogP contribution in [0.4, 0.5) is 0 Å². The van der Waals surface area contributed by atoms with Gasteiger partial charge < -0.3 is 14.8 Å². The summed E-state index contributed by atoms with van der Waals surface area (Å²) >= 11 is 0. The zero-order valence-electron chi connectivity index (χ0n) is 11.6. The Labute approximate surface area is 110 Å². The molecule has 3 atom stereocenters. The first-order chi connectivity index (χ1) is 8.58. The highest BCUT2D eigenvalue weighted by Crippen LogP contribution is 2.47. The Morgan fingerprint density at radius 3 is 2.78 bits per heavy atom. The summed E-state index contributed by atoms with van der Waals surface area (Å²) in [6.07, 6.45) is 1.85. The quantitative estimate of drug-likeness (QED) is 0.732. The molecule has 0 saturated heterocycles. The van der Waals surface area contributed by atoms with E-state index in [4.69, 9.17) is 4.42 Å². The van der Waals surface area contributed by atoms with E-state index >= 15 is 0 Å². The molecule has 0 aromatic carbocycles. The van der Waals surface area contributed by atoms with E-state index in [0.29, 0.717) is 11.8 Å². The highest BCUT2D eigenvalue weighted by Gasteiger charge is 2.36. The van der Waals surface area contributed by atoms with Crippen LogP contribution >= 0.6 is 0 Å². The van der Waals surface area contributed by atoms with Crippen molar-refractivity contribution < 1.29 is 9.52 Å². The van der Waals surface area contributed by atoms with E-state index in [1.807, 2.05) is 13.8 Å². The zero-order chi connectivity index (χ0) is 13.1. The minimum absolute atomic E-state index is 0.211. The lowest BCUT2D eigenvalue weighted by molar-refractivity contribution is 0.116. The molecule has 1 aliphatic rings. The number of furan rings is 1. The number of nitrogens with one attached hydrogen (secondary N) is 1. The molecule has 0 spiro atoms. The van der Waals surface area contributed by atoms with Crippen molar-refractivity contribution in [3.63, 3.8) is 0 Å². The van der Waals surface area contributed by atoms with Crippen LogP contribution in [-0.4, -0.2) is 17.8 Å². The average Bonchev–Trinajstić information content (AvgIpc) is 2.89. The van der Waals surface area contributed by atoms with Gasteiger partial charge in [0.1, 0.15) is 11.5 Å². The first kappa shape index (κ1) is 13.6. The summed E-state index contributed by atoms with van der Waals surface area (Å²) in [6.45, 7) is 7.93. The smallest absolute Gasteiger partial charge is 0.117 e. The van der Waals surface area contributed by atoms with Crippen LogP contribution in [-0.2, 0) is 6.54 Å². The van der Waals surface area contributed by atoms with Gasteiger partial charge in [-0.2, -0.15) is 0 Å². The van der Waals surface area contributed by atoms with Gasteiger partial charge in [-0.25, -0.2) is 0 Å². The van der Waals surface area contributed by atoms with Gasteiger partial charge in [-0.15, -0.1) is 0 Å². The molecule has 3 unspecified atom stereocenters. The first-order valence-corrected chi connectivity index (χ1v) is 7.05. The lowest BCUT2D eigenvalue weighted by Crippen LogP contribution is -2.23. The molecule has 1 aromatic rings. The first-order valence-electron chi connectivity index (χ1n) is 7.05. The Morgan fingerprint density at radius 1 is 1.44 bits per heavy atom. The van der Waals surface area contributed by atoms with Gasteiger partial charge >= 0.3 is 0 Å². The molecular weight excluding hydrogens is 226 g/mol. The molecule has 1 aliphatic carbocycles. The van der Waals surface area contributed by atoms with Crippen LogP contribution < -0.4 is 5.32 Å². The van der Waals surface area contributed by atoms with E-state index in [0.717, 1.165) is 36.9 Å². The van der Waals surface area contributed by atoms with Crippen LogP contribution in [0.2, 0.25) is 0 Å². The second-order valence-corrected chi connectivity index (χ2v) is 5.90. The molecule has 102 valence electrons. The molecule has 3 heteroatoms. The summed E-state index contributed by atoms with van der Waals surface area (Å²) in [7, 11) is 0. The van der Waals surface area contributed by atoms with Gasteiger partial charge in [0.05, 0.1) is 12.6 Å². The number of rotatable bonds is 7. The van der Waals surface area contributed by atoms with Crippen LogP contribution in [0, 0.1) is 11.8 Å². The normalized spacial score (nSPS) is 24.5. The molecule has 0 radical (unpaired) electrons. The van der Waals surface area contributed by atoms with E-state index in [1.165, 1.54) is 6.42 Å². The molecule has 18 heavy (non-hydrogen) atoms. The van der Waals surface area contributed by atoms with Crippen LogP contribution in [0.1, 0.15) is 51.1 Å². The molecule has 1 heterocycles. The second kappa shape index (κ2) is 5.89. The number of hydrogen-bond donors (Lipinski definition) is 2. The SMILES string of the molecule is CC(C)C(O)CCNCc1ccc(C2CC2C)o1. The highest BCUT2D eigenvalue weighted by molar-refractivity contribution is 5.17. The van der Waals surface area contributed by atoms with Crippen molar-refractivity contribution in [2.75, 3.05) is 6.54 Å². The third kappa shape index (κ3) is 3.59. The number of aliphatic hydroxyl groups is 1. The molecule has 1 fully saturated rings. The summed E-state index contributed by atoms with van der Waals surface area (Å²) in [5.41, 5.74) is 0. The predicted octanol–water partition coefficient (Wildman–Crippen LogP) is 2.90. The lowest BCUT2D eigenvalue weighted by atomic mass is 10.0. The fourth-order valence-corrected chi connectivity index (χ4v) is 2.20. The Bertz CT molecular complexity index is 372. The second-order valence-electron chi connectivity index (χ2n) is 5.90. The van der Waals surface area contributed by atoms with Gasteiger partial charge in [0, 0.05) is 5.92 Å². The standard InChI is InChI=1S/C15H25NO2/c1-10(2)14(17)6-7-16-9-12-4-5-15(18-12)13-8-11(13)3/h4-5,10-11,13-14,16-17H,6-9H2,1-3H3. The van der Waals surface area contributed by atoms with E-state index in [2.05, 4.69) is 24.4 Å². The summed E-state index contributed by atoms with van der Waals surface area (Å²) in [6, 6.07) is 4.17. The molecule has 0 aliphatic heterocycles. The van der Waals surface area contributed by atoms with E-state index in [-0.39, 0.29) is 6.10 Å². The number of aliphatic hydroxyl groups excluding tert-OH is 1. The minimum Gasteiger partial charge on any atom is -0.464 e. The zero-order valence-corrected chi connectivity index (χ0v) is 11.6.